The summed E-state index contributed by atoms with van der Waals surface area (Å²) in [5, 5.41) is 0. The van der Waals surface area contributed by atoms with Crippen molar-refractivity contribution in [2.45, 2.75) is 130 Å². The predicted molar refractivity (Wildman–Crippen MR) is 206 cm³/mol. The summed E-state index contributed by atoms with van der Waals surface area (Å²) in [7, 11) is 0. The zero-order chi connectivity index (χ0) is 33.2. The summed E-state index contributed by atoms with van der Waals surface area (Å²) in [4.78, 5) is 5.15. The first-order chi connectivity index (χ1) is 22.0. The van der Waals surface area contributed by atoms with Crippen molar-refractivity contribution in [2.75, 3.05) is 0 Å². The van der Waals surface area contributed by atoms with Gasteiger partial charge in [-0.25, -0.2) is 0 Å². The molecular formula is C44H54S2. The lowest BCUT2D eigenvalue weighted by atomic mass is 9.81. The normalized spacial score (nSPS) is 11.6. The monoisotopic (exact) mass is 646 g/mol. The van der Waals surface area contributed by atoms with Crippen LogP contribution in [0, 0.1) is 23.7 Å². The molecule has 0 atom stereocenters. The van der Waals surface area contributed by atoms with E-state index < -0.39 is 0 Å². The smallest absolute Gasteiger partial charge is 0.0775 e. The Bertz CT molecular complexity index is 1580. The fourth-order valence-corrected chi connectivity index (χ4v) is 7.40. The summed E-state index contributed by atoms with van der Waals surface area (Å²) in [6.45, 7) is 18.2. The molecule has 0 N–H and O–H groups in total. The third kappa shape index (κ3) is 10.5. The van der Waals surface area contributed by atoms with Crippen molar-refractivity contribution in [3.8, 4) is 34.8 Å². The summed E-state index contributed by atoms with van der Waals surface area (Å²) in [5.41, 5.74) is 7.10. The van der Waals surface area contributed by atoms with Crippen LogP contribution in [0.4, 0.5) is 0 Å². The summed E-state index contributed by atoms with van der Waals surface area (Å²) < 4.78 is 0. The second-order valence-electron chi connectivity index (χ2n) is 14.7. The Balaban J connectivity index is 1.77. The predicted octanol–water partition coefficient (Wildman–Crippen LogP) is 13.1. The van der Waals surface area contributed by atoms with Crippen molar-refractivity contribution in [3.63, 3.8) is 0 Å². The van der Waals surface area contributed by atoms with Gasteiger partial charge in [-0.3, -0.25) is 0 Å². The van der Waals surface area contributed by atoms with Crippen LogP contribution in [0.1, 0.15) is 149 Å². The highest BCUT2D eigenvalue weighted by Crippen LogP contribution is 2.35. The zero-order valence-corrected chi connectivity index (χ0v) is 31.3. The molecule has 0 bridgehead atoms. The van der Waals surface area contributed by atoms with Gasteiger partial charge in [-0.15, -0.1) is 22.7 Å². The molecule has 0 nitrogen and oxygen atoms in total. The first-order valence-electron chi connectivity index (χ1n) is 17.5. The van der Waals surface area contributed by atoms with Crippen molar-refractivity contribution in [2.24, 2.45) is 0 Å². The topological polar surface area (TPSA) is 0 Å². The third-order valence-corrected chi connectivity index (χ3v) is 10.7. The highest BCUT2D eigenvalue weighted by molar-refractivity contribution is 7.12. The Morgan fingerprint density at radius 3 is 1.37 bits per heavy atom. The van der Waals surface area contributed by atoms with Gasteiger partial charge < -0.3 is 0 Å². The largest absolute Gasteiger partial charge is 0.132 e. The van der Waals surface area contributed by atoms with Crippen LogP contribution in [-0.2, 0) is 23.7 Å². The summed E-state index contributed by atoms with van der Waals surface area (Å²) in [6.07, 6.45) is 12.6. The Morgan fingerprint density at radius 2 is 0.957 bits per heavy atom. The molecule has 0 fully saturated rings. The molecule has 0 aliphatic heterocycles. The van der Waals surface area contributed by atoms with Crippen molar-refractivity contribution < 1.29 is 0 Å². The molecule has 0 saturated carbocycles. The third-order valence-electron chi connectivity index (χ3n) is 8.56. The second-order valence-corrected chi connectivity index (χ2v) is 17.0. The van der Waals surface area contributed by atoms with Gasteiger partial charge in [0.1, 0.15) is 0 Å². The van der Waals surface area contributed by atoms with E-state index in [0.29, 0.717) is 0 Å². The number of aryl methyl sites for hydroxylation is 2. The summed E-state index contributed by atoms with van der Waals surface area (Å²) in [6, 6.07) is 22.7. The van der Waals surface area contributed by atoms with Gasteiger partial charge >= 0.3 is 0 Å². The minimum atomic E-state index is -0.0232. The fraction of sp³-hybridized carbons (Fsp3) is 0.455. The quantitative estimate of drug-likeness (QED) is 0.112. The molecule has 0 amide bonds. The molecule has 2 heterocycles. The molecule has 242 valence electrons. The highest BCUT2D eigenvalue weighted by Gasteiger charge is 2.20. The van der Waals surface area contributed by atoms with Crippen molar-refractivity contribution in [3.05, 3.63) is 102 Å². The van der Waals surface area contributed by atoms with Crippen LogP contribution in [0.15, 0.2) is 60.7 Å². The van der Waals surface area contributed by atoms with Crippen LogP contribution in [0.3, 0.4) is 0 Å². The fourth-order valence-electron chi connectivity index (χ4n) is 5.59. The lowest BCUT2D eigenvalue weighted by Gasteiger charge is -2.22. The first-order valence-corrected chi connectivity index (χ1v) is 19.1. The van der Waals surface area contributed by atoms with Gasteiger partial charge in [0.15, 0.2) is 0 Å². The van der Waals surface area contributed by atoms with Crippen LogP contribution in [-0.4, -0.2) is 0 Å². The summed E-state index contributed by atoms with van der Waals surface area (Å²) in [5.74, 6) is 14.4. The van der Waals surface area contributed by atoms with Gasteiger partial charge in [-0.1, -0.05) is 142 Å². The number of thiophene rings is 2. The number of rotatable bonds is 11. The molecule has 0 aliphatic carbocycles. The van der Waals surface area contributed by atoms with Crippen LogP contribution in [0.25, 0.3) is 11.1 Å². The molecule has 4 aromatic rings. The van der Waals surface area contributed by atoms with E-state index in [1.165, 1.54) is 77.8 Å². The Morgan fingerprint density at radius 1 is 0.500 bits per heavy atom. The Labute approximate surface area is 289 Å². The molecular weight excluding hydrogens is 593 g/mol. The minimum absolute atomic E-state index is 0.0232. The number of benzene rings is 2. The van der Waals surface area contributed by atoms with Crippen molar-refractivity contribution >= 4 is 22.7 Å². The van der Waals surface area contributed by atoms with E-state index in [0.717, 1.165) is 39.3 Å². The zero-order valence-electron chi connectivity index (χ0n) is 29.7. The molecule has 2 aromatic carbocycles. The molecule has 0 aliphatic rings. The second kappa shape index (κ2) is 16.7. The van der Waals surface area contributed by atoms with E-state index in [1.54, 1.807) is 0 Å². The van der Waals surface area contributed by atoms with E-state index in [-0.39, 0.29) is 10.8 Å². The maximum atomic E-state index is 3.65. The van der Waals surface area contributed by atoms with Gasteiger partial charge in [-0.2, -0.15) is 0 Å². The maximum absolute atomic E-state index is 3.65. The van der Waals surface area contributed by atoms with Crippen molar-refractivity contribution in [1.29, 1.82) is 0 Å². The van der Waals surface area contributed by atoms with Crippen LogP contribution < -0.4 is 0 Å². The van der Waals surface area contributed by atoms with Gasteiger partial charge in [0.2, 0.25) is 0 Å². The van der Waals surface area contributed by atoms with E-state index in [1.807, 2.05) is 22.7 Å². The average molecular weight is 647 g/mol. The van der Waals surface area contributed by atoms with Crippen LogP contribution >= 0.6 is 22.7 Å². The molecule has 46 heavy (non-hydrogen) atoms. The van der Waals surface area contributed by atoms with E-state index in [2.05, 4.69) is 140 Å². The molecule has 0 unspecified atom stereocenters. The molecule has 0 spiro atoms. The van der Waals surface area contributed by atoms with Crippen LogP contribution in [0.5, 0.6) is 0 Å². The maximum Gasteiger partial charge on any atom is 0.0775 e. The molecule has 2 heteroatoms. The van der Waals surface area contributed by atoms with Crippen LogP contribution in [0.2, 0.25) is 0 Å². The lowest BCUT2D eigenvalue weighted by Crippen LogP contribution is -2.12. The van der Waals surface area contributed by atoms with Gasteiger partial charge in [0, 0.05) is 26.4 Å². The standard InChI is InChI=1S/C44H54S2/c1-9-11-13-15-17-38-27-29-40(45-38)25-21-34-31-37(44(6,7)8)32-35(42(34)33-19-23-36(24-20-33)43(3,4)5)22-26-41-30-28-39(46-41)18-16-14-12-10-2/h19-20,23-24,27-32H,9-18H2,1-8H3. The van der Waals surface area contributed by atoms with Gasteiger partial charge in [0.25, 0.3) is 0 Å². The average Bonchev–Trinajstić information content (AvgIpc) is 3.67. The first kappa shape index (κ1) is 35.8. The highest BCUT2D eigenvalue weighted by atomic mass is 32.1. The van der Waals surface area contributed by atoms with E-state index >= 15 is 0 Å². The molecule has 0 saturated heterocycles. The van der Waals surface area contributed by atoms with Crippen molar-refractivity contribution in [1.82, 2.24) is 0 Å². The lowest BCUT2D eigenvalue weighted by molar-refractivity contribution is 0.589. The molecule has 0 radical (unpaired) electrons. The minimum Gasteiger partial charge on any atom is -0.132 e. The Hall–Kier alpha value is -3.04. The van der Waals surface area contributed by atoms with E-state index in [9.17, 15) is 0 Å². The molecule has 2 aromatic heterocycles. The van der Waals surface area contributed by atoms with Gasteiger partial charge in [0.05, 0.1) is 9.75 Å². The number of hydrogen-bond acceptors (Lipinski definition) is 2. The number of hydrogen-bond donors (Lipinski definition) is 0. The Kier molecular flexibility index (Phi) is 13.0. The number of unbranched alkanes of at least 4 members (excludes halogenated alkanes) is 6. The summed E-state index contributed by atoms with van der Waals surface area (Å²) >= 11 is 3.70. The SMILES string of the molecule is CCCCCCc1ccc(C#Cc2cc(C(C)(C)C)cc(C#Cc3ccc(CCCCCC)s3)c2-c2ccc(C(C)(C)C)cc2)s1. The van der Waals surface area contributed by atoms with Gasteiger partial charge in [-0.05, 0) is 89.6 Å². The molecule has 4 rings (SSSR count). The van der Waals surface area contributed by atoms with E-state index in [4.69, 9.17) is 0 Å².